The summed E-state index contributed by atoms with van der Waals surface area (Å²) in [6.45, 7) is 0. The van der Waals surface area contributed by atoms with E-state index in [0.29, 0.717) is 5.92 Å². The predicted octanol–water partition coefficient (Wildman–Crippen LogP) is 3.63. The molecule has 0 N–H and O–H groups in total. The molecule has 0 amide bonds. The van der Waals surface area contributed by atoms with E-state index in [2.05, 4.69) is 25.3 Å². The lowest BCUT2D eigenvalue weighted by atomic mass is 10.3. The van der Waals surface area contributed by atoms with Crippen LogP contribution in [0.5, 0.6) is 0 Å². The second-order valence-corrected chi connectivity index (χ2v) is 4.92. The SMILES string of the molecule is Clc1cn2c(C3CC3)cnc2cc1Br. The molecule has 2 nitrogen and oxygen atoms in total. The zero-order valence-corrected chi connectivity index (χ0v) is 9.72. The second-order valence-electron chi connectivity index (χ2n) is 3.65. The molecule has 2 heterocycles. The Morgan fingerprint density at radius 3 is 3.00 bits per heavy atom. The summed E-state index contributed by atoms with van der Waals surface area (Å²) in [5, 5.41) is 0.734. The Morgan fingerprint density at radius 2 is 2.29 bits per heavy atom. The van der Waals surface area contributed by atoms with Crippen molar-refractivity contribution >= 4 is 33.2 Å². The molecule has 0 radical (unpaired) electrons. The van der Waals surface area contributed by atoms with Crippen molar-refractivity contribution in [3.05, 3.63) is 33.6 Å². The number of imidazole rings is 1. The summed E-state index contributed by atoms with van der Waals surface area (Å²) in [6.07, 6.45) is 6.44. The van der Waals surface area contributed by atoms with Crippen LogP contribution in [0.3, 0.4) is 0 Å². The van der Waals surface area contributed by atoms with E-state index in [-0.39, 0.29) is 0 Å². The molecule has 1 aliphatic rings. The summed E-state index contributed by atoms with van der Waals surface area (Å²) in [4.78, 5) is 4.36. The second kappa shape index (κ2) is 2.97. The molecule has 14 heavy (non-hydrogen) atoms. The zero-order valence-electron chi connectivity index (χ0n) is 7.37. The van der Waals surface area contributed by atoms with Crippen molar-refractivity contribution in [1.29, 1.82) is 0 Å². The van der Waals surface area contributed by atoms with Gasteiger partial charge < -0.3 is 4.40 Å². The summed E-state index contributed by atoms with van der Waals surface area (Å²) in [6, 6.07) is 1.95. The molecule has 0 saturated heterocycles. The maximum atomic E-state index is 6.05. The highest BCUT2D eigenvalue weighted by molar-refractivity contribution is 9.10. The van der Waals surface area contributed by atoms with E-state index in [9.17, 15) is 0 Å². The van der Waals surface area contributed by atoms with Gasteiger partial charge in [-0.2, -0.15) is 0 Å². The van der Waals surface area contributed by atoms with Crippen molar-refractivity contribution < 1.29 is 0 Å². The topological polar surface area (TPSA) is 17.3 Å². The lowest BCUT2D eigenvalue weighted by Gasteiger charge is -2.01. The molecule has 0 aromatic carbocycles. The molecule has 2 aromatic heterocycles. The molecule has 1 saturated carbocycles. The fourth-order valence-electron chi connectivity index (χ4n) is 1.67. The minimum absolute atomic E-state index is 0.697. The Labute approximate surface area is 95.0 Å². The number of hydrogen-bond acceptors (Lipinski definition) is 1. The van der Waals surface area contributed by atoms with E-state index < -0.39 is 0 Å². The van der Waals surface area contributed by atoms with E-state index in [1.54, 1.807) is 0 Å². The standard InChI is InChI=1S/C10H8BrClN2/c11-7-3-10-13-4-9(6-1-2-6)14(10)5-8(7)12/h3-6H,1-2H2. The van der Waals surface area contributed by atoms with E-state index >= 15 is 0 Å². The molecule has 1 fully saturated rings. The normalized spacial score (nSPS) is 16.4. The fraction of sp³-hybridized carbons (Fsp3) is 0.300. The van der Waals surface area contributed by atoms with E-state index in [0.717, 1.165) is 15.1 Å². The van der Waals surface area contributed by atoms with Gasteiger partial charge in [-0.15, -0.1) is 0 Å². The van der Waals surface area contributed by atoms with Gasteiger partial charge in [-0.3, -0.25) is 0 Å². The zero-order chi connectivity index (χ0) is 9.71. The van der Waals surface area contributed by atoms with E-state index in [1.165, 1.54) is 18.5 Å². The molecule has 2 aromatic rings. The van der Waals surface area contributed by atoms with E-state index in [1.807, 2.05) is 18.5 Å². The van der Waals surface area contributed by atoms with Crippen LogP contribution in [-0.2, 0) is 0 Å². The number of hydrogen-bond donors (Lipinski definition) is 0. The van der Waals surface area contributed by atoms with Gasteiger partial charge in [-0.1, -0.05) is 11.6 Å². The number of pyridine rings is 1. The monoisotopic (exact) mass is 270 g/mol. The largest absolute Gasteiger partial charge is 0.302 e. The molecule has 0 bridgehead atoms. The summed E-state index contributed by atoms with van der Waals surface area (Å²) < 4.78 is 2.99. The van der Waals surface area contributed by atoms with Crippen molar-refractivity contribution in [2.45, 2.75) is 18.8 Å². The number of fused-ring (bicyclic) bond motifs is 1. The van der Waals surface area contributed by atoms with Gasteiger partial charge in [0.2, 0.25) is 0 Å². The van der Waals surface area contributed by atoms with Gasteiger partial charge in [-0.05, 0) is 34.8 Å². The summed E-state index contributed by atoms with van der Waals surface area (Å²) in [7, 11) is 0. The third-order valence-electron chi connectivity index (χ3n) is 2.58. The third kappa shape index (κ3) is 1.27. The molecule has 0 spiro atoms. The highest BCUT2D eigenvalue weighted by atomic mass is 79.9. The maximum absolute atomic E-state index is 6.05. The first-order chi connectivity index (χ1) is 6.75. The molecule has 3 rings (SSSR count). The van der Waals surface area contributed by atoms with Gasteiger partial charge in [-0.25, -0.2) is 4.98 Å². The quantitative estimate of drug-likeness (QED) is 0.774. The van der Waals surface area contributed by atoms with Crippen LogP contribution in [0.15, 0.2) is 22.9 Å². The average Bonchev–Trinajstić information content (AvgIpc) is 2.91. The Bertz CT molecular complexity index is 502. The Morgan fingerprint density at radius 1 is 1.50 bits per heavy atom. The van der Waals surface area contributed by atoms with Crippen LogP contribution in [0.2, 0.25) is 5.02 Å². The predicted molar refractivity (Wildman–Crippen MR) is 59.9 cm³/mol. The Balaban J connectivity index is 2.29. The highest BCUT2D eigenvalue weighted by Gasteiger charge is 2.26. The first kappa shape index (κ1) is 8.74. The molecule has 0 unspecified atom stereocenters. The average molecular weight is 272 g/mol. The third-order valence-corrected chi connectivity index (χ3v) is 3.76. The van der Waals surface area contributed by atoms with Crippen molar-refractivity contribution in [2.24, 2.45) is 0 Å². The van der Waals surface area contributed by atoms with Crippen LogP contribution in [-0.4, -0.2) is 9.38 Å². The van der Waals surface area contributed by atoms with Crippen molar-refractivity contribution in [1.82, 2.24) is 9.38 Å². The summed E-state index contributed by atoms with van der Waals surface area (Å²) >= 11 is 9.44. The van der Waals surface area contributed by atoms with Crippen LogP contribution in [0.25, 0.3) is 5.65 Å². The molecule has 0 atom stereocenters. The molecular weight excluding hydrogens is 263 g/mol. The number of nitrogens with zero attached hydrogens (tertiary/aromatic N) is 2. The van der Waals surface area contributed by atoms with Gasteiger partial charge in [0.25, 0.3) is 0 Å². The van der Waals surface area contributed by atoms with Gasteiger partial charge in [0, 0.05) is 28.5 Å². The highest BCUT2D eigenvalue weighted by Crippen LogP contribution is 2.40. The maximum Gasteiger partial charge on any atom is 0.138 e. The lowest BCUT2D eigenvalue weighted by Crippen LogP contribution is -1.90. The summed E-state index contributed by atoms with van der Waals surface area (Å²) in [5.41, 5.74) is 2.25. The molecule has 0 aliphatic heterocycles. The van der Waals surface area contributed by atoms with Gasteiger partial charge >= 0.3 is 0 Å². The Hall–Kier alpha value is -0.540. The van der Waals surface area contributed by atoms with Crippen molar-refractivity contribution in [2.75, 3.05) is 0 Å². The minimum atomic E-state index is 0.697. The molecular formula is C10H8BrClN2. The number of aromatic nitrogens is 2. The van der Waals surface area contributed by atoms with Gasteiger partial charge in [0.05, 0.1) is 5.02 Å². The lowest BCUT2D eigenvalue weighted by molar-refractivity contribution is 0.982. The smallest absolute Gasteiger partial charge is 0.138 e. The van der Waals surface area contributed by atoms with Crippen LogP contribution in [0.1, 0.15) is 24.5 Å². The molecule has 4 heteroatoms. The van der Waals surface area contributed by atoms with E-state index in [4.69, 9.17) is 11.6 Å². The van der Waals surface area contributed by atoms with Crippen molar-refractivity contribution in [3.8, 4) is 0 Å². The van der Waals surface area contributed by atoms with Crippen LogP contribution in [0.4, 0.5) is 0 Å². The minimum Gasteiger partial charge on any atom is -0.302 e. The van der Waals surface area contributed by atoms with Crippen LogP contribution < -0.4 is 0 Å². The summed E-state index contributed by atoms with van der Waals surface area (Å²) in [5.74, 6) is 0.697. The first-order valence-corrected chi connectivity index (χ1v) is 5.75. The molecule has 72 valence electrons. The number of rotatable bonds is 1. The van der Waals surface area contributed by atoms with Crippen molar-refractivity contribution in [3.63, 3.8) is 0 Å². The van der Waals surface area contributed by atoms with Gasteiger partial charge in [0.15, 0.2) is 0 Å². The first-order valence-electron chi connectivity index (χ1n) is 4.58. The van der Waals surface area contributed by atoms with Crippen LogP contribution >= 0.6 is 27.5 Å². The number of halogens is 2. The van der Waals surface area contributed by atoms with Gasteiger partial charge in [0.1, 0.15) is 5.65 Å². The Kier molecular flexibility index (Phi) is 1.86. The van der Waals surface area contributed by atoms with Crippen LogP contribution in [0, 0.1) is 0 Å². The molecule has 1 aliphatic carbocycles. The fourth-order valence-corrected chi connectivity index (χ4v) is 2.13.